The Hall–Kier alpha value is -1.76. The van der Waals surface area contributed by atoms with Gasteiger partial charge in [-0.05, 0) is 30.2 Å². The molecule has 1 heteroatoms. The summed E-state index contributed by atoms with van der Waals surface area (Å²) in [7, 11) is 0. The van der Waals surface area contributed by atoms with E-state index in [1.165, 1.54) is 16.7 Å². The van der Waals surface area contributed by atoms with Crippen molar-refractivity contribution in [2.45, 2.75) is 19.8 Å². The molecule has 0 aliphatic carbocycles. The third-order valence-corrected chi connectivity index (χ3v) is 2.98. The molecule has 1 atom stereocenters. The fraction of sp³-hybridized carbons (Fsp3) is 0.200. The molecule has 0 amide bonds. The Labute approximate surface area is 96.9 Å². The fourth-order valence-electron chi connectivity index (χ4n) is 1.92. The summed E-state index contributed by atoms with van der Waals surface area (Å²) in [6.45, 7) is 4.35. The summed E-state index contributed by atoms with van der Waals surface area (Å²) in [4.78, 5) is 0. The zero-order chi connectivity index (χ0) is 11.5. The van der Waals surface area contributed by atoms with Gasteiger partial charge in [0.1, 0.15) is 0 Å². The Bertz CT molecular complexity index is 471. The average molecular weight is 211 g/mol. The summed E-state index contributed by atoms with van der Waals surface area (Å²) in [6, 6.07) is 16.8. The molecule has 2 rings (SSSR count). The van der Waals surface area contributed by atoms with Crippen molar-refractivity contribution in [3.8, 4) is 0 Å². The molecule has 0 radical (unpaired) electrons. The highest BCUT2D eigenvalue weighted by Gasteiger charge is 2.07. The van der Waals surface area contributed by atoms with Gasteiger partial charge in [-0.25, -0.2) is 0 Å². The number of hydrogen-bond donors (Lipinski definition) is 1. The predicted octanol–water partition coefficient (Wildman–Crippen LogP) is 3.73. The zero-order valence-corrected chi connectivity index (χ0v) is 9.77. The molecule has 0 saturated heterocycles. The van der Waals surface area contributed by atoms with Crippen LogP contribution in [0.15, 0.2) is 48.5 Å². The van der Waals surface area contributed by atoms with Crippen LogP contribution in [-0.4, -0.2) is 0 Å². The maximum atomic E-state index is 5.69. The van der Waals surface area contributed by atoms with Gasteiger partial charge in [0.2, 0.25) is 0 Å². The molecule has 0 aliphatic heterocycles. The van der Waals surface area contributed by atoms with Crippen LogP contribution in [0.25, 0.3) is 0 Å². The maximum Gasteiger partial charge on any atom is 0.0314 e. The molecule has 0 aliphatic rings. The molecule has 0 heterocycles. The Kier molecular flexibility index (Phi) is 2.95. The van der Waals surface area contributed by atoms with Crippen LogP contribution in [0.4, 0.5) is 5.69 Å². The second-order valence-electron chi connectivity index (χ2n) is 4.30. The Balaban J connectivity index is 2.31. The predicted molar refractivity (Wildman–Crippen MR) is 69.6 cm³/mol. The smallest absolute Gasteiger partial charge is 0.0314 e. The summed E-state index contributed by atoms with van der Waals surface area (Å²) >= 11 is 0. The molecular formula is C15H17N. The summed E-state index contributed by atoms with van der Waals surface area (Å²) in [5.74, 6) is 0.417. The van der Waals surface area contributed by atoms with Crippen molar-refractivity contribution in [2.75, 3.05) is 5.73 Å². The van der Waals surface area contributed by atoms with E-state index in [1.54, 1.807) is 0 Å². The molecule has 2 aromatic rings. The van der Waals surface area contributed by atoms with E-state index in [2.05, 4.69) is 50.2 Å². The number of nitrogen functional groups attached to an aromatic ring is 1. The van der Waals surface area contributed by atoms with Crippen LogP contribution in [-0.2, 0) is 0 Å². The van der Waals surface area contributed by atoms with Gasteiger partial charge in [0.05, 0.1) is 0 Å². The second-order valence-corrected chi connectivity index (χ2v) is 4.30. The van der Waals surface area contributed by atoms with Crippen molar-refractivity contribution >= 4 is 5.69 Å². The topological polar surface area (TPSA) is 26.0 Å². The molecule has 0 aromatic heterocycles. The molecule has 16 heavy (non-hydrogen) atoms. The highest BCUT2D eigenvalue weighted by molar-refractivity contribution is 5.42. The standard InChI is InChI=1S/C15H17N/c1-11-4-3-5-14(10-11)12(2)13-6-8-15(16)9-7-13/h3-10,12H,16H2,1-2H3/t12-/m1/s1. The lowest BCUT2D eigenvalue weighted by Crippen LogP contribution is -1.96. The van der Waals surface area contributed by atoms with Crippen molar-refractivity contribution < 1.29 is 0 Å². The van der Waals surface area contributed by atoms with E-state index in [0.29, 0.717) is 5.92 Å². The van der Waals surface area contributed by atoms with Crippen molar-refractivity contribution in [1.29, 1.82) is 0 Å². The quantitative estimate of drug-likeness (QED) is 0.752. The van der Waals surface area contributed by atoms with E-state index >= 15 is 0 Å². The number of rotatable bonds is 2. The van der Waals surface area contributed by atoms with Gasteiger partial charge >= 0.3 is 0 Å². The first-order valence-corrected chi connectivity index (χ1v) is 5.59. The first kappa shape index (κ1) is 10.7. The van der Waals surface area contributed by atoms with Crippen LogP contribution in [0.3, 0.4) is 0 Å². The average Bonchev–Trinajstić information content (AvgIpc) is 2.29. The Morgan fingerprint density at radius 1 is 0.938 bits per heavy atom. The minimum atomic E-state index is 0.417. The van der Waals surface area contributed by atoms with Crippen LogP contribution in [0, 0.1) is 6.92 Å². The summed E-state index contributed by atoms with van der Waals surface area (Å²) < 4.78 is 0. The largest absolute Gasteiger partial charge is 0.399 e. The third-order valence-electron chi connectivity index (χ3n) is 2.98. The molecule has 0 unspecified atom stereocenters. The molecular weight excluding hydrogens is 194 g/mol. The molecule has 0 fully saturated rings. The first-order chi connectivity index (χ1) is 7.66. The third kappa shape index (κ3) is 2.25. The molecule has 82 valence electrons. The van der Waals surface area contributed by atoms with E-state index in [4.69, 9.17) is 5.73 Å². The lowest BCUT2D eigenvalue weighted by atomic mass is 9.92. The Morgan fingerprint density at radius 3 is 2.25 bits per heavy atom. The molecule has 2 aromatic carbocycles. The van der Waals surface area contributed by atoms with Gasteiger partial charge in [0, 0.05) is 11.6 Å². The SMILES string of the molecule is Cc1cccc([C@H](C)c2ccc(N)cc2)c1. The molecule has 0 bridgehead atoms. The maximum absolute atomic E-state index is 5.69. The number of benzene rings is 2. The van der Waals surface area contributed by atoms with E-state index in [9.17, 15) is 0 Å². The molecule has 0 spiro atoms. The summed E-state index contributed by atoms with van der Waals surface area (Å²) in [5, 5.41) is 0. The van der Waals surface area contributed by atoms with Gasteiger partial charge in [0.15, 0.2) is 0 Å². The highest BCUT2D eigenvalue weighted by atomic mass is 14.5. The highest BCUT2D eigenvalue weighted by Crippen LogP contribution is 2.25. The van der Waals surface area contributed by atoms with E-state index in [0.717, 1.165) is 5.69 Å². The second kappa shape index (κ2) is 4.40. The van der Waals surface area contributed by atoms with Gasteiger partial charge in [-0.15, -0.1) is 0 Å². The molecule has 2 N–H and O–H groups in total. The van der Waals surface area contributed by atoms with Crippen LogP contribution in [0.2, 0.25) is 0 Å². The number of hydrogen-bond acceptors (Lipinski definition) is 1. The van der Waals surface area contributed by atoms with Gasteiger partial charge < -0.3 is 5.73 Å². The molecule has 0 saturated carbocycles. The van der Waals surface area contributed by atoms with E-state index in [1.807, 2.05) is 12.1 Å². The van der Waals surface area contributed by atoms with Crippen molar-refractivity contribution in [3.63, 3.8) is 0 Å². The van der Waals surface area contributed by atoms with Gasteiger partial charge in [0.25, 0.3) is 0 Å². The first-order valence-electron chi connectivity index (χ1n) is 5.59. The summed E-state index contributed by atoms with van der Waals surface area (Å²) in [5.41, 5.74) is 10.5. The normalized spacial score (nSPS) is 12.4. The monoisotopic (exact) mass is 211 g/mol. The van der Waals surface area contributed by atoms with Gasteiger partial charge in [-0.1, -0.05) is 48.9 Å². The van der Waals surface area contributed by atoms with Crippen LogP contribution < -0.4 is 5.73 Å². The van der Waals surface area contributed by atoms with E-state index < -0.39 is 0 Å². The van der Waals surface area contributed by atoms with Crippen LogP contribution >= 0.6 is 0 Å². The summed E-state index contributed by atoms with van der Waals surface area (Å²) in [6.07, 6.45) is 0. The fourth-order valence-corrected chi connectivity index (χ4v) is 1.92. The number of aryl methyl sites for hydroxylation is 1. The van der Waals surface area contributed by atoms with Crippen molar-refractivity contribution in [1.82, 2.24) is 0 Å². The van der Waals surface area contributed by atoms with E-state index in [-0.39, 0.29) is 0 Å². The zero-order valence-electron chi connectivity index (χ0n) is 9.77. The lowest BCUT2D eigenvalue weighted by Gasteiger charge is -2.13. The van der Waals surface area contributed by atoms with Gasteiger partial charge in [-0.2, -0.15) is 0 Å². The minimum absolute atomic E-state index is 0.417. The minimum Gasteiger partial charge on any atom is -0.399 e. The van der Waals surface area contributed by atoms with Crippen molar-refractivity contribution in [2.24, 2.45) is 0 Å². The van der Waals surface area contributed by atoms with Crippen LogP contribution in [0.5, 0.6) is 0 Å². The lowest BCUT2D eigenvalue weighted by molar-refractivity contribution is 0.920. The van der Waals surface area contributed by atoms with Crippen molar-refractivity contribution in [3.05, 3.63) is 65.2 Å². The Morgan fingerprint density at radius 2 is 1.62 bits per heavy atom. The number of nitrogens with two attached hydrogens (primary N) is 1. The molecule has 1 nitrogen and oxygen atoms in total. The van der Waals surface area contributed by atoms with Crippen LogP contribution in [0.1, 0.15) is 29.5 Å². The number of anilines is 1. The van der Waals surface area contributed by atoms with Gasteiger partial charge in [-0.3, -0.25) is 0 Å².